The lowest BCUT2D eigenvalue weighted by Crippen LogP contribution is -2.36. The maximum atomic E-state index is 12.7. The smallest absolute Gasteiger partial charge is 0.321 e. The van der Waals surface area contributed by atoms with E-state index >= 15 is 0 Å². The minimum atomic E-state index is -0.0623. The normalized spacial score (nSPS) is 17.8. The number of likely N-dealkylation sites (tertiary alicyclic amines) is 1. The predicted molar refractivity (Wildman–Crippen MR) is 102 cm³/mol. The Hall–Kier alpha value is -2.04. The number of anilines is 1. The van der Waals surface area contributed by atoms with Crippen LogP contribution >= 0.6 is 0 Å². The highest BCUT2D eigenvalue weighted by molar-refractivity contribution is 5.97. The van der Waals surface area contributed by atoms with Gasteiger partial charge in [0.15, 0.2) is 0 Å². The molecule has 1 N–H and O–H groups in total. The molecule has 25 heavy (non-hydrogen) atoms. The van der Waals surface area contributed by atoms with Crippen LogP contribution in [0.4, 0.5) is 10.5 Å². The Labute approximate surface area is 151 Å². The second kappa shape index (κ2) is 8.88. The van der Waals surface area contributed by atoms with Gasteiger partial charge in [0.05, 0.1) is 0 Å². The standard InChI is InChI=1S/C20H31N3O2/c1-5-7-16-8-6-12-23(13-11-16)20(25)21-18-14-17(10-9-15(18)2)19(24)22(3)4/h9-10,14,16H,5-8,11-13H2,1-4H3,(H,21,25)/t16-/m0/s1. The van der Waals surface area contributed by atoms with Crippen molar-refractivity contribution in [1.29, 1.82) is 0 Å². The van der Waals surface area contributed by atoms with Crippen LogP contribution in [-0.4, -0.2) is 48.9 Å². The van der Waals surface area contributed by atoms with Gasteiger partial charge in [-0.3, -0.25) is 4.79 Å². The van der Waals surface area contributed by atoms with E-state index in [1.165, 1.54) is 19.3 Å². The van der Waals surface area contributed by atoms with Crippen molar-refractivity contribution in [2.75, 3.05) is 32.5 Å². The van der Waals surface area contributed by atoms with Crippen molar-refractivity contribution in [3.63, 3.8) is 0 Å². The number of nitrogens with zero attached hydrogens (tertiary/aromatic N) is 2. The lowest BCUT2D eigenvalue weighted by molar-refractivity contribution is 0.0827. The van der Waals surface area contributed by atoms with Crippen LogP contribution in [0.3, 0.4) is 0 Å². The number of amides is 3. The fourth-order valence-electron chi connectivity index (χ4n) is 3.41. The Kier molecular flexibility index (Phi) is 6.85. The van der Waals surface area contributed by atoms with E-state index in [1.54, 1.807) is 31.1 Å². The minimum absolute atomic E-state index is 0.0605. The summed E-state index contributed by atoms with van der Waals surface area (Å²) in [5, 5.41) is 3.00. The quantitative estimate of drug-likeness (QED) is 0.892. The molecule has 1 fully saturated rings. The number of benzene rings is 1. The van der Waals surface area contributed by atoms with Crippen LogP contribution in [0.25, 0.3) is 0 Å². The molecule has 1 saturated heterocycles. The third kappa shape index (κ3) is 5.21. The second-order valence-corrected chi connectivity index (χ2v) is 7.23. The lowest BCUT2D eigenvalue weighted by Gasteiger charge is -2.22. The van der Waals surface area contributed by atoms with Crippen LogP contribution in [-0.2, 0) is 0 Å². The maximum absolute atomic E-state index is 12.7. The molecule has 1 aliphatic rings. The molecule has 0 unspecified atom stereocenters. The van der Waals surface area contributed by atoms with Crippen molar-refractivity contribution in [1.82, 2.24) is 9.80 Å². The maximum Gasteiger partial charge on any atom is 0.321 e. The van der Waals surface area contributed by atoms with E-state index in [2.05, 4.69) is 12.2 Å². The first-order valence-corrected chi connectivity index (χ1v) is 9.30. The van der Waals surface area contributed by atoms with Crippen molar-refractivity contribution in [2.24, 2.45) is 5.92 Å². The molecular weight excluding hydrogens is 314 g/mol. The summed E-state index contributed by atoms with van der Waals surface area (Å²) in [6.45, 7) is 5.78. The summed E-state index contributed by atoms with van der Waals surface area (Å²) in [5.74, 6) is 0.679. The molecule has 0 bridgehead atoms. The van der Waals surface area contributed by atoms with Gasteiger partial charge in [-0.05, 0) is 49.8 Å². The van der Waals surface area contributed by atoms with E-state index in [4.69, 9.17) is 0 Å². The molecule has 2 rings (SSSR count). The summed E-state index contributed by atoms with van der Waals surface area (Å²) < 4.78 is 0. The Morgan fingerprint density at radius 3 is 2.68 bits per heavy atom. The molecular formula is C20H31N3O2. The van der Waals surface area contributed by atoms with Gasteiger partial charge >= 0.3 is 6.03 Å². The number of urea groups is 1. The van der Waals surface area contributed by atoms with Gasteiger partial charge in [-0.1, -0.05) is 25.8 Å². The van der Waals surface area contributed by atoms with Crippen molar-refractivity contribution in [3.8, 4) is 0 Å². The number of nitrogens with one attached hydrogen (secondary N) is 1. The van der Waals surface area contributed by atoms with Crippen LogP contribution in [0.1, 0.15) is 54.9 Å². The Morgan fingerprint density at radius 2 is 2.00 bits per heavy atom. The van der Waals surface area contributed by atoms with Gasteiger partial charge in [0, 0.05) is 38.4 Å². The van der Waals surface area contributed by atoms with Gasteiger partial charge in [0.25, 0.3) is 5.91 Å². The molecule has 138 valence electrons. The number of carbonyl (C=O) groups is 2. The zero-order valence-electron chi connectivity index (χ0n) is 16.0. The van der Waals surface area contributed by atoms with E-state index in [-0.39, 0.29) is 11.9 Å². The first kappa shape index (κ1) is 19.3. The lowest BCUT2D eigenvalue weighted by atomic mass is 9.96. The average Bonchev–Trinajstić information content (AvgIpc) is 2.82. The fraction of sp³-hybridized carbons (Fsp3) is 0.600. The summed E-state index contributed by atoms with van der Waals surface area (Å²) in [5.41, 5.74) is 2.26. The largest absolute Gasteiger partial charge is 0.345 e. The highest BCUT2D eigenvalue weighted by Gasteiger charge is 2.21. The fourth-order valence-corrected chi connectivity index (χ4v) is 3.41. The first-order chi connectivity index (χ1) is 11.9. The molecule has 1 atom stereocenters. The van der Waals surface area contributed by atoms with Gasteiger partial charge in [0.2, 0.25) is 0 Å². The molecule has 0 saturated carbocycles. The van der Waals surface area contributed by atoms with E-state index in [0.29, 0.717) is 11.3 Å². The summed E-state index contributed by atoms with van der Waals surface area (Å²) in [6.07, 6.45) is 5.82. The summed E-state index contributed by atoms with van der Waals surface area (Å²) in [6, 6.07) is 5.39. The average molecular weight is 345 g/mol. The molecule has 5 heteroatoms. The van der Waals surface area contributed by atoms with Crippen LogP contribution in [0, 0.1) is 12.8 Å². The predicted octanol–water partition coefficient (Wildman–Crippen LogP) is 4.13. The third-order valence-electron chi connectivity index (χ3n) is 4.96. The Bertz CT molecular complexity index is 613. The van der Waals surface area contributed by atoms with Gasteiger partial charge in [-0.15, -0.1) is 0 Å². The van der Waals surface area contributed by atoms with Crippen LogP contribution in [0.2, 0.25) is 0 Å². The van der Waals surface area contributed by atoms with E-state index in [0.717, 1.165) is 37.4 Å². The topological polar surface area (TPSA) is 52.7 Å². The first-order valence-electron chi connectivity index (χ1n) is 9.30. The number of carbonyl (C=O) groups excluding carboxylic acids is 2. The number of rotatable bonds is 4. The van der Waals surface area contributed by atoms with E-state index in [1.807, 2.05) is 17.9 Å². The van der Waals surface area contributed by atoms with Crippen LogP contribution in [0.5, 0.6) is 0 Å². The summed E-state index contributed by atoms with van der Waals surface area (Å²) in [4.78, 5) is 28.3. The molecule has 1 heterocycles. The molecule has 0 spiro atoms. The van der Waals surface area contributed by atoms with Gasteiger partial charge in [-0.2, -0.15) is 0 Å². The Balaban J connectivity index is 2.04. The molecule has 3 amide bonds. The number of aryl methyl sites for hydroxylation is 1. The summed E-state index contributed by atoms with van der Waals surface area (Å²) >= 11 is 0. The van der Waals surface area contributed by atoms with Crippen molar-refractivity contribution >= 4 is 17.6 Å². The highest BCUT2D eigenvalue weighted by atomic mass is 16.2. The van der Waals surface area contributed by atoms with Gasteiger partial charge in [-0.25, -0.2) is 4.79 Å². The van der Waals surface area contributed by atoms with Crippen molar-refractivity contribution in [2.45, 2.75) is 46.0 Å². The second-order valence-electron chi connectivity index (χ2n) is 7.23. The van der Waals surface area contributed by atoms with Crippen LogP contribution < -0.4 is 5.32 Å². The van der Waals surface area contributed by atoms with Gasteiger partial charge < -0.3 is 15.1 Å². The molecule has 1 aromatic rings. The molecule has 0 aromatic heterocycles. The van der Waals surface area contributed by atoms with Crippen LogP contribution in [0.15, 0.2) is 18.2 Å². The van der Waals surface area contributed by atoms with Crippen molar-refractivity contribution < 1.29 is 9.59 Å². The SMILES string of the molecule is CCC[C@H]1CCCN(C(=O)Nc2cc(C(=O)N(C)C)ccc2C)CC1. The number of hydrogen-bond acceptors (Lipinski definition) is 2. The highest BCUT2D eigenvalue weighted by Crippen LogP contribution is 2.23. The molecule has 0 radical (unpaired) electrons. The molecule has 5 nitrogen and oxygen atoms in total. The number of hydrogen-bond donors (Lipinski definition) is 1. The monoisotopic (exact) mass is 345 g/mol. The minimum Gasteiger partial charge on any atom is -0.345 e. The zero-order valence-corrected chi connectivity index (χ0v) is 16.0. The third-order valence-corrected chi connectivity index (χ3v) is 4.96. The summed E-state index contributed by atoms with van der Waals surface area (Å²) in [7, 11) is 3.45. The molecule has 0 aliphatic carbocycles. The zero-order chi connectivity index (χ0) is 18.4. The molecule has 1 aliphatic heterocycles. The van der Waals surface area contributed by atoms with E-state index in [9.17, 15) is 9.59 Å². The van der Waals surface area contributed by atoms with Crippen molar-refractivity contribution in [3.05, 3.63) is 29.3 Å². The van der Waals surface area contributed by atoms with Gasteiger partial charge in [0.1, 0.15) is 0 Å². The molecule has 1 aromatic carbocycles. The van der Waals surface area contributed by atoms with E-state index < -0.39 is 0 Å². The Morgan fingerprint density at radius 1 is 1.24 bits per heavy atom.